The van der Waals surface area contributed by atoms with Crippen LogP contribution >= 0.6 is 0 Å². The van der Waals surface area contributed by atoms with Crippen molar-refractivity contribution in [1.29, 1.82) is 0 Å². The van der Waals surface area contributed by atoms with E-state index in [4.69, 9.17) is 9.15 Å². The number of unbranched alkanes of at least 4 members (excludes halogenated alkanes) is 2. The summed E-state index contributed by atoms with van der Waals surface area (Å²) in [4.78, 5) is 0. The number of hydrogen-bond donors (Lipinski definition) is 1. The summed E-state index contributed by atoms with van der Waals surface area (Å²) in [5, 5.41) is 3.34. The molecule has 0 radical (unpaired) electrons. The molecule has 1 aromatic heterocycles. The molecule has 0 atom stereocenters. The van der Waals surface area contributed by atoms with Crippen molar-refractivity contribution in [1.82, 2.24) is 5.32 Å². The zero-order valence-electron chi connectivity index (χ0n) is 11.1. The molecule has 0 saturated carbocycles. The van der Waals surface area contributed by atoms with Gasteiger partial charge in [-0.3, -0.25) is 0 Å². The highest BCUT2D eigenvalue weighted by atomic mass is 16.5. The zero-order valence-corrected chi connectivity index (χ0v) is 11.1. The summed E-state index contributed by atoms with van der Waals surface area (Å²) >= 11 is 0. The Morgan fingerprint density at radius 1 is 1.24 bits per heavy atom. The van der Waals surface area contributed by atoms with Gasteiger partial charge in [0.05, 0.1) is 19.4 Å². The van der Waals surface area contributed by atoms with Gasteiger partial charge in [-0.05, 0) is 25.5 Å². The quantitative estimate of drug-likeness (QED) is 0.635. The minimum atomic E-state index is 0.670. The molecule has 0 bridgehead atoms. The van der Waals surface area contributed by atoms with Crippen molar-refractivity contribution in [3.63, 3.8) is 0 Å². The highest BCUT2D eigenvalue weighted by Gasteiger charge is 2.05. The van der Waals surface area contributed by atoms with E-state index in [2.05, 4.69) is 19.2 Å². The Bertz CT molecular complexity index is 284. The molecule has 0 aliphatic heterocycles. The van der Waals surface area contributed by atoms with Crippen LogP contribution in [0, 0.1) is 0 Å². The van der Waals surface area contributed by atoms with Gasteiger partial charge in [0.25, 0.3) is 0 Å². The maximum absolute atomic E-state index is 5.64. The van der Waals surface area contributed by atoms with Gasteiger partial charge in [-0.1, -0.05) is 26.7 Å². The number of ether oxygens (including phenoxy) is 1. The van der Waals surface area contributed by atoms with Crippen LogP contribution in [0.2, 0.25) is 0 Å². The van der Waals surface area contributed by atoms with Crippen molar-refractivity contribution in [2.75, 3.05) is 13.2 Å². The lowest BCUT2D eigenvalue weighted by molar-refractivity contribution is 0.116. The lowest BCUT2D eigenvalue weighted by Crippen LogP contribution is -2.14. The van der Waals surface area contributed by atoms with Gasteiger partial charge in [-0.15, -0.1) is 0 Å². The van der Waals surface area contributed by atoms with Crippen molar-refractivity contribution < 1.29 is 9.15 Å². The fourth-order valence-electron chi connectivity index (χ4n) is 1.67. The minimum absolute atomic E-state index is 0.670. The predicted octanol–water partition coefficient (Wildman–Crippen LogP) is 3.49. The molecular formula is C14H25NO2. The van der Waals surface area contributed by atoms with Crippen LogP contribution in [0.5, 0.6) is 0 Å². The topological polar surface area (TPSA) is 34.4 Å². The van der Waals surface area contributed by atoms with Crippen LogP contribution in [0.3, 0.4) is 0 Å². The Balaban J connectivity index is 2.20. The van der Waals surface area contributed by atoms with Gasteiger partial charge in [-0.2, -0.15) is 0 Å². The Labute approximate surface area is 105 Å². The summed E-state index contributed by atoms with van der Waals surface area (Å²) in [5.41, 5.74) is 1.17. The average molecular weight is 239 g/mol. The number of hydrogen-bond acceptors (Lipinski definition) is 3. The fraction of sp³-hybridized carbons (Fsp3) is 0.714. The highest BCUT2D eigenvalue weighted by molar-refractivity contribution is 5.15. The van der Waals surface area contributed by atoms with Crippen molar-refractivity contribution in [3.05, 3.63) is 23.7 Å². The first-order valence-electron chi connectivity index (χ1n) is 6.72. The molecule has 0 saturated heterocycles. The second-order valence-corrected chi connectivity index (χ2v) is 4.31. The standard InChI is InChI=1S/C14H25NO2/c1-3-5-6-9-16-12-13-7-10-17-14(13)11-15-8-4-2/h7,10,15H,3-6,8-9,11-12H2,1-2H3. The van der Waals surface area contributed by atoms with Crippen LogP contribution in [0.25, 0.3) is 0 Å². The molecule has 0 amide bonds. The monoisotopic (exact) mass is 239 g/mol. The lowest BCUT2D eigenvalue weighted by Gasteiger charge is -2.05. The summed E-state index contributed by atoms with van der Waals surface area (Å²) in [6.45, 7) is 7.71. The molecule has 3 nitrogen and oxygen atoms in total. The molecule has 1 heterocycles. The largest absolute Gasteiger partial charge is 0.468 e. The molecule has 1 N–H and O–H groups in total. The van der Waals surface area contributed by atoms with Gasteiger partial charge in [0.2, 0.25) is 0 Å². The molecule has 0 fully saturated rings. The molecule has 0 spiro atoms. The molecule has 1 rings (SSSR count). The van der Waals surface area contributed by atoms with Gasteiger partial charge in [-0.25, -0.2) is 0 Å². The van der Waals surface area contributed by atoms with E-state index >= 15 is 0 Å². The van der Waals surface area contributed by atoms with Crippen LogP contribution in [-0.4, -0.2) is 13.2 Å². The molecule has 98 valence electrons. The van der Waals surface area contributed by atoms with Crippen molar-refractivity contribution in [2.24, 2.45) is 0 Å². The van der Waals surface area contributed by atoms with E-state index in [1.807, 2.05) is 6.07 Å². The fourth-order valence-corrected chi connectivity index (χ4v) is 1.67. The van der Waals surface area contributed by atoms with E-state index < -0.39 is 0 Å². The second kappa shape index (κ2) is 9.25. The summed E-state index contributed by atoms with van der Waals surface area (Å²) in [7, 11) is 0. The van der Waals surface area contributed by atoms with Gasteiger partial charge in [0, 0.05) is 12.2 Å². The maximum atomic E-state index is 5.64. The first kappa shape index (κ1) is 14.3. The van der Waals surface area contributed by atoms with Gasteiger partial charge in [0.1, 0.15) is 5.76 Å². The third-order valence-electron chi connectivity index (χ3n) is 2.70. The molecule has 0 aliphatic carbocycles. The molecule has 1 aromatic rings. The smallest absolute Gasteiger partial charge is 0.123 e. The number of nitrogens with one attached hydrogen (secondary N) is 1. The molecule has 3 heteroatoms. The van der Waals surface area contributed by atoms with Crippen molar-refractivity contribution in [2.45, 2.75) is 52.7 Å². The molecule has 0 unspecified atom stereocenters. The van der Waals surface area contributed by atoms with Gasteiger partial charge in [0.15, 0.2) is 0 Å². The highest BCUT2D eigenvalue weighted by Crippen LogP contribution is 2.12. The van der Waals surface area contributed by atoms with Crippen LogP contribution < -0.4 is 5.32 Å². The minimum Gasteiger partial charge on any atom is -0.468 e. The van der Waals surface area contributed by atoms with E-state index in [9.17, 15) is 0 Å². The Morgan fingerprint density at radius 3 is 2.88 bits per heavy atom. The van der Waals surface area contributed by atoms with E-state index in [1.54, 1.807) is 6.26 Å². The van der Waals surface area contributed by atoms with Gasteiger partial charge >= 0.3 is 0 Å². The Morgan fingerprint density at radius 2 is 2.12 bits per heavy atom. The van der Waals surface area contributed by atoms with Crippen LogP contribution in [-0.2, 0) is 17.9 Å². The van der Waals surface area contributed by atoms with Crippen molar-refractivity contribution >= 4 is 0 Å². The van der Waals surface area contributed by atoms with E-state index in [1.165, 1.54) is 18.4 Å². The zero-order chi connectivity index (χ0) is 12.3. The average Bonchev–Trinajstić information content (AvgIpc) is 2.77. The summed E-state index contributed by atoms with van der Waals surface area (Å²) in [6.07, 6.45) is 6.52. The summed E-state index contributed by atoms with van der Waals surface area (Å²) in [6, 6.07) is 2.00. The van der Waals surface area contributed by atoms with Crippen LogP contribution in [0.15, 0.2) is 16.7 Å². The van der Waals surface area contributed by atoms with E-state index in [0.29, 0.717) is 6.61 Å². The third kappa shape index (κ3) is 5.89. The lowest BCUT2D eigenvalue weighted by atomic mass is 10.2. The van der Waals surface area contributed by atoms with Crippen molar-refractivity contribution in [3.8, 4) is 0 Å². The molecule has 0 aliphatic rings. The van der Waals surface area contributed by atoms with Crippen LogP contribution in [0.4, 0.5) is 0 Å². The first-order chi connectivity index (χ1) is 8.38. The van der Waals surface area contributed by atoms with E-state index in [-0.39, 0.29) is 0 Å². The number of rotatable bonds is 10. The van der Waals surface area contributed by atoms with Crippen LogP contribution in [0.1, 0.15) is 50.9 Å². The first-order valence-corrected chi connectivity index (χ1v) is 6.72. The molecular weight excluding hydrogens is 214 g/mol. The third-order valence-corrected chi connectivity index (χ3v) is 2.70. The van der Waals surface area contributed by atoms with Gasteiger partial charge < -0.3 is 14.5 Å². The summed E-state index contributed by atoms with van der Waals surface area (Å²) in [5.74, 6) is 1.01. The Kier molecular flexibility index (Phi) is 7.76. The second-order valence-electron chi connectivity index (χ2n) is 4.31. The summed E-state index contributed by atoms with van der Waals surface area (Å²) < 4.78 is 11.1. The van der Waals surface area contributed by atoms with E-state index in [0.717, 1.165) is 38.3 Å². The molecule has 0 aromatic carbocycles. The normalized spacial score (nSPS) is 10.9. The predicted molar refractivity (Wildman–Crippen MR) is 69.9 cm³/mol. The molecule has 17 heavy (non-hydrogen) atoms. The number of furan rings is 1. The Hall–Kier alpha value is -0.800. The SMILES string of the molecule is CCCCCOCc1ccoc1CNCCC. The maximum Gasteiger partial charge on any atom is 0.123 e.